The number of carbonyl (C=O) groups is 2. The third-order valence-electron chi connectivity index (χ3n) is 1.38. The van der Waals surface area contributed by atoms with Gasteiger partial charge in [-0.3, -0.25) is 4.79 Å². The molecule has 0 spiro atoms. The van der Waals surface area contributed by atoms with E-state index >= 15 is 0 Å². The minimum atomic E-state index is -0.752. The first-order valence-electron chi connectivity index (χ1n) is 2.64. The lowest BCUT2D eigenvalue weighted by molar-refractivity contribution is -0.153. The third-order valence-corrected chi connectivity index (χ3v) is 1.38. The van der Waals surface area contributed by atoms with Gasteiger partial charge in [0.2, 0.25) is 0 Å². The summed E-state index contributed by atoms with van der Waals surface area (Å²) in [4.78, 5) is 20.9. The number of carbonyl (C=O) groups excluding carboxylic acids is 2. The van der Waals surface area contributed by atoms with Crippen molar-refractivity contribution in [2.75, 3.05) is 0 Å². The van der Waals surface area contributed by atoms with E-state index in [0.29, 0.717) is 0 Å². The maximum absolute atomic E-state index is 10.5. The van der Waals surface area contributed by atoms with Crippen LogP contribution in [0.15, 0.2) is 0 Å². The first-order valence-corrected chi connectivity index (χ1v) is 2.64. The Morgan fingerprint density at radius 2 is 2.00 bits per heavy atom. The molecule has 1 unspecified atom stereocenters. The smallest absolute Gasteiger partial charge is 0.331 e. The van der Waals surface area contributed by atoms with Crippen LogP contribution in [0.3, 0.4) is 0 Å². The molecule has 1 aliphatic heterocycles. The molecule has 2 N–H and O–H groups in total. The van der Waals surface area contributed by atoms with Gasteiger partial charge in [-0.1, -0.05) is 0 Å². The zero-order valence-corrected chi connectivity index (χ0v) is 4.96. The van der Waals surface area contributed by atoms with Crippen molar-refractivity contribution in [3.8, 4) is 0 Å². The van der Waals surface area contributed by atoms with Crippen LogP contribution in [0.1, 0.15) is 6.92 Å². The molecule has 1 fully saturated rings. The van der Waals surface area contributed by atoms with Crippen LogP contribution in [0.25, 0.3) is 0 Å². The van der Waals surface area contributed by atoms with Crippen molar-refractivity contribution in [2.45, 2.75) is 13.0 Å². The molecule has 4 heteroatoms. The van der Waals surface area contributed by atoms with Gasteiger partial charge >= 0.3 is 11.9 Å². The van der Waals surface area contributed by atoms with Crippen LogP contribution in [-0.4, -0.2) is 18.0 Å². The number of rotatable bonds is 0. The first kappa shape index (κ1) is 6.22. The molecule has 0 bridgehead atoms. The van der Waals surface area contributed by atoms with Crippen LogP contribution in [0.2, 0.25) is 0 Å². The van der Waals surface area contributed by atoms with E-state index in [9.17, 15) is 9.59 Å². The summed E-state index contributed by atoms with van der Waals surface area (Å²) in [5.41, 5.74) is 5.22. The molecule has 9 heavy (non-hydrogen) atoms. The molecule has 0 aliphatic carbocycles. The standard InChI is InChI=1S/C5H7NO3/c1-2-3(6)5(8)9-4(2)7/h2-3H,6H2,1H3/t2-,3?/m0/s1. The molecule has 0 aromatic heterocycles. The van der Waals surface area contributed by atoms with Crippen LogP contribution < -0.4 is 5.73 Å². The lowest BCUT2D eigenvalue weighted by Crippen LogP contribution is -2.31. The van der Waals surface area contributed by atoms with Crippen LogP contribution in [0.5, 0.6) is 0 Å². The Morgan fingerprint density at radius 1 is 1.44 bits per heavy atom. The highest BCUT2D eigenvalue weighted by Gasteiger charge is 2.38. The molecule has 0 aromatic carbocycles. The van der Waals surface area contributed by atoms with Gasteiger partial charge < -0.3 is 10.5 Å². The molecular weight excluding hydrogens is 122 g/mol. The van der Waals surface area contributed by atoms with Gasteiger partial charge in [-0.15, -0.1) is 0 Å². The van der Waals surface area contributed by atoms with Gasteiger partial charge in [0, 0.05) is 0 Å². The van der Waals surface area contributed by atoms with E-state index in [0.717, 1.165) is 0 Å². The summed E-state index contributed by atoms with van der Waals surface area (Å²) in [6.07, 6.45) is 0. The molecule has 1 heterocycles. The van der Waals surface area contributed by atoms with Crippen molar-refractivity contribution in [3.05, 3.63) is 0 Å². The van der Waals surface area contributed by atoms with Gasteiger partial charge in [-0.25, -0.2) is 4.79 Å². The number of hydrogen-bond donors (Lipinski definition) is 1. The molecule has 1 rings (SSSR count). The van der Waals surface area contributed by atoms with E-state index in [1.54, 1.807) is 6.92 Å². The van der Waals surface area contributed by atoms with Crippen molar-refractivity contribution in [3.63, 3.8) is 0 Å². The second-order valence-electron chi connectivity index (χ2n) is 2.05. The highest BCUT2D eigenvalue weighted by molar-refractivity contribution is 5.98. The molecule has 1 aliphatic rings. The number of cyclic esters (lactones) is 2. The zero-order chi connectivity index (χ0) is 7.02. The van der Waals surface area contributed by atoms with E-state index in [2.05, 4.69) is 4.74 Å². The lowest BCUT2D eigenvalue weighted by atomic mass is 10.1. The second-order valence-corrected chi connectivity index (χ2v) is 2.05. The van der Waals surface area contributed by atoms with Crippen molar-refractivity contribution in [1.82, 2.24) is 0 Å². The first-order chi connectivity index (χ1) is 4.13. The average Bonchev–Trinajstić information content (AvgIpc) is 1.98. The fourth-order valence-electron chi connectivity index (χ4n) is 0.611. The normalized spacial score (nSPS) is 34.9. The van der Waals surface area contributed by atoms with Gasteiger partial charge in [0.1, 0.15) is 6.04 Å². The maximum atomic E-state index is 10.5. The lowest BCUT2D eigenvalue weighted by Gasteiger charge is -1.97. The van der Waals surface area contributed by atoms with Gasteiger partial charge in [-0.2, -0.15) is 0 Å². The SMILES string of the molecule is C[C@@H]1C(=O)OC(=O)C1N. The van der Waals surface area contributed by atoms with Crippen molar-refractivity contribution < 1.29 is 14.3 Å². The molecule has 50 valence electrons. The van der Waals surface area contributed by atoms with Gasteiger partial charge in [0.15, 0.2) is 0 Å². The molecule has 0 amide bonds. The fraction of sp³-hybridized carbons (Fsp3) is 0.600. The minimum Gasteiger partial charge on any atom is -0.392 e. The van der Waals surface area contributed by atoms with E-state index in [1.807, 2.05) is 0 Å². The number of nitrogens with two attached hydrogens (primary N) is 1. The van der Waals surface area contributed by atoms with E-state index in [-0.39, 0.29) is 0 Å². The monoisotopic (exact) mass is 129 g/mol. The second kappa shape index (κ2) is 1.80. The Labute approximate surface area is 52.0 Å². The summed E-state index contributed by atoms with van der Waals surface area (Å²) >= 11 is 0. The maximum Gasteiger partial charge on any atom is 0.331 e. The predicted molar refractivity (Wildman–Crippen MR) is 28.2 cm³/mol. The largest absolute Gasteiger partial charge is 0.392 e. The van der Waals surface area contributed by atoms with E-state index in [4.69, 9.17) is 5.73 Å². The summed E-state index contributed by atoms with van der Waals surface area (Å²) in [7, 11) is 0. The molecule has 0 saturated carbocycles. The molecule has 2 atom stereocenters. The van der Waals surface area contributed by atoms with Crippen molar-refractivity contribution in [1.29, 1.82) is 0 Å². The van der Waals surface area contributed by atoms with Crippen LogP contribution in [0, 0.1) is 5.92 Å². The Bertz CT molecular complexity index is 148. The summed E-state index contributed by atoms with van der Waals surface area (Å²) in [5.74, 6) is -1.61. The fourth-order valence-corrected chi connectivity index (χ4v) is 0.611. The number of hydrogen-bond acceptors (Lipinski definition) is 4. The Kier molecular flexibility index (Phi) is 1.25. The Hall–Kier alpha value is -0.900. The summed E-state index contributed by atoms with van der Waals surface area (Å²) < 4.78 is 4.18. The summed E-state index contributed by atoms with van der Waals surface area (Å²) in [6.45, 7) is 1.57. The topological polar surface area (TPSA) is 69.4 Å². The van der Waals surface area contributed by atoms with Gasteiger partial charge in [-0.05, 0) is 6.92 Å². The zero-order valence-electron chi connectivity index (χ0n) is 4.96. The van der Waals surface area contributed by atoms with Crippen LogP contribution in [0.4, 0.5) is 0 Å². The minimum absolute atomic E-state index is 0.475. The molecule has 1 saturated heterocycles. The molecular formula is C5H7NO3. The van der Waals surface area contributed by atoms with Crippen LogP contribution >= 0.6 is 0 Å². The van der Waals surface area contributed by atoms with Crippen molar-refractivity contribution in [2.24, 2.45) is 11.7 Å². The number of esters is 2. The van der Waals surface area contributed by atoms with E-state index in [1.165, 1.54) is 0 Å². The van der Waals surface area contributed by atoms with Gasteiger partial charge in [0.25, 0.3) is 0 Å². The highest BCUT2D eigenvalue weighted by atomic mass is 16.6. The van der Waals surface area contributed by atoms with Crippen LogP contribution in [-0.2, 0) is 14.3 Å². The van der Waals surface area contributed by atoms with Gasteiger partial charge in [0.05, 0.1) is 5.92 Å². The summed E-state index contributed by atoms with van der Waals surface area (Å²) in [5, 5.41) is 0. The Morgan fingerprint density at radius 3 is 2.11 bits per heavy atom. The molecule has 4 nitrogen and oxygen atoms in total. The molecule has 0 aromatic rings. The highest BCUT2D eigenvalue weighted by Crippen LogP contribution is 2.12. The third kappa shape index (κ3) is 0.810. The summed E-state index contributed by atoms with van der Waals surface area (Å²) in [6, 6.07) is -0.752. The predicted octanol–water partition coefficient (Wildman–Crippen LogP) is -0.967. The number of ether oxygens (including phenoxy) is 1. The quantitative estimate of drug-likeness (QED) is 0.337. The van der Waals surface area contributed by atoms with E-state index < -0.39 is 23.9 Å². The molecule has 0 radical (unpaired) electrons. The Balaban J connectivity index is 2.77. The average molecular weight is 129 g/mol. The van der Waals surface area contributed by atoms with Crippen molar-refractivity contribution >= 4 is 11.9 Å².